The fraction of sp³-hybridized carbons (Fsp3) is 0.391. The molecule has 2 aliphatic rings. The number of rotatable bonds is 3. The maximum atomic E-state index is 12.6. The number of carbonyl (C=O) groups is 3. The molecule has 1 spiro atoms. The number of hydrogen-bond acceptors (Lipinski definition) is 6. The van der Waals surface area contributed by atoms with Crippen molar-refractivity contribution in [1.82, 2.24) is 9.88 Å². The maximum Gasteiger partial charge on any atom is 0.490 e. The fourth-order valence-electron chi connectivity index (χ4n) is 3.93. The number of methoxy groups -OCH3 is 1. The van der Waals surface area contributed by atoms with Gasteiger partial charge in [0.05, 0.1) is 12.5 Å². The van der Waals surface area contributed by atoms with E-state index in [0.717, 1.165) is 49.3 Å². The summed E-state index contributed by atoms with van der Waals surface area (Å²) in [4.78, 5) is 37.0. The van der Waals surface area contributed by atoms with Gasteiger partial charge in [0, 0.05) is 24.0 Å². The lowest BCUT2D eigenvalue weighted by Gasteiger charge is -2.38. The van der Waals surface area contributed by atoms with E-state index in [1.165, 1.54) is 0 Å². The molecule has 9 nitrogen and oxygen atoms in total. The molecule has 1 aromatic carbocycles. The second-order valence-electron chi connectivity index (χ2n) is 8.14. The third-order valence-electron chi connectivity index (χ3n) is 5.76. The summed E-state index contributed by atoms with van der Waals surface area (Å²) < 4.78 is 68.8. The number of para-hydroxylation sites is 1. The van der Waals surface area contributed by atoms with E-state index in [1.54, 1.807) is 13.3 Å². The van der Waals surface area contributed by atoms with Crippen molar-refractivity contribution in [2.24, 2.45) is 0 Å². The average Bonchev–Trinajstić information content (AvgIpc) is 3.11. The predicted octanol–water partition coefficient (Wildman–Crippen LogP) is 3.84. The first-order chi connectivity index (χ1) is 17.6. The van der Waals surface area contributed by atoms with E-state index in [9.17, 15) is 31.1 Å². The zero-order valence-electron chi connectivity index (χ0n) is 19.8. The number of halogens is 6. The number of nitrogens with zero attached hydrogens (tertiary/aromatic N) is 2. The molecule has 4 rings (SSSR count). The number of aliphatic carboxylic acids is 2. The summed E-state index contributed by atoms with van der Waals surface area (Å²) in [5.41, 5.74) is 2.87. The first-order valence-electron chi connectivity index (χ1n) is 10.8. The Morgan fingerprint density at radius 1 is 1.00 bits per heavy atom. The third-order valence-corrected chi connectivity index (χ3v) is 5.76. The summed E-state index contributed by atoms with van der Waals surface area (Å²) in [6, 6.07) is 12.1. The normalized spacial score (nSPS) is 16.2. The van der Waals surface area contributed by atoms with E-state index in [4.69, 9.17) is 24.5 Å². The molecule has 38 heavy (non-hydrogen) atoms. The van der Waals surface area contributed by atoms with Gasteiger partial charge < -0.3 is 20.3 Å². The quantitative estimate of drug-likeness (QED) is 0.491. The van der Waals surface area contributed by atoms with Crippen molar-refractivity contribution in [3.8, 4) is 5.88 Å². The highest BCUT2D eigenvalue weighted by atomic mass is 19.4. The van der Waals surface area contributed by atoms with Crippen LogP contribution in [0, 0.1) is 0 Å². The van der Waals surface area contributed by atoms with Crippen LogP contribution in [0.15, 0.2) is 42.6 Å². The van der Waals surface area contributed by atoms with Gasteiger partial charge in [0.1, 0.15) is 0 Å². The van der Waals surface area contributed by atoms with Crippen molar-refractivity contribution in [3.63, 3.8) is 0 Å². The summed E-state index contributed by atoms with van der Waals surface area (Å²) in [6.45, 7) is 2.58. The van der Waals surface area contributed by atoms with Crippen LogP contribution >= 0.6 is 0 Å². The SMILES string of the molecule is COc1ncccc1CN1CCC2(CC1)C(=O)Nc1ccccc12.O=C(O)C(F)(F)F.O=C(O)C(F)(F)F. The van der Waals surface area contributed by atoms with Crippen LogP contribution in [0.1, 0.15) is 24.0 Å². The summed E-state index contributed by atoms with van der Waals surface area (Å²) in [7, 11) is 1.65. The van der Waals surface area contributed by atoms with Crippen LogP contribution in [0.5, 0.6) is 5.88 Å². The molecule has 208 valence electrons. The van der Waals surface area contributed by atoms with E-state index in [2.05, 4.69) is 21.3 Å². The minimum Gasteiger partial charge on any atom is -0.481 e. The van der Waals surface area contributed by atoms with Crippen molar-refractivity contribution in [2.75, 3.05) is 25.5 Å². The number of carboxylic acid groups (broad SMARTS) is 2. The zero-order chi connectivity index (χ0) is 28.7. The minimum absolute atomic E-state index is 0.155. The van der Waals surface area contributed by atoms with Gasteiger partial charge in [-0.2, -0.15) is 26.3 Å². The number of carboxylic acids is 2. The second kappa shape index (κ2) is 12.1. The third kappa shape index (κ3) is 7.57. The molecule has 0 unspecified atom stereocenters. The molecular weight excluding hydrogens is 528 g/mol. The minimum atomic E-state index is -5.08. The number of piperidine rings is 1. The lowest BCUT2D eigenvalue weighted by atomic mass is 9.73. The van der Waals surface area contributed by atoms with Gasteiger partial charge in [-0.15, -0.1) is 0 Å². The number of fused-ring (bicyclic) bond motifs is 2. The molecule has 3 heterocycles. The first kappa shape index (κ1) is 30.3. The van der Waals surface area contributed by atoms with E-state index < -0.39 is 24.3 Å². The number of benzene rings is 1. The Kier molecular flexibility index (Phi) is 9.67. The van der Waals surface area contributed by atoms with Crippen molar-refractivity contribution in [3.05, 3.63) is 53.7 Å². The van der Waals surface area contributed by atoms with Crippen LogP contribution in [0.25, 0.3) is 0 Å². The highest BCUT2D eigenvalue weighted by molar-refractivity contribution is 6.06. The topological polar surface area (TPSA) is 129 Å². The molecule has 2 aromatic rings. The number of nitrogens with one attached hydrogen (secondary N) is 1. The van der Waals surface area contributed by atoms with Crippen LogP contribution in [0.4, 0.5) is 32.0 Å². The molecule has 2 aliphatic heterocycles. The molecule has 0 radical (unpaired) electrons. The number of ether oxygens (including phenoxy) is 1. The summed E-state index contributed by atoms with van der Waals surface area (Å²) in [5.74, 6) is -4.68. The van der Waals surface area contributed by atoms with Crippen LogP contribution in [-0.4, -0.2) is 70.5 Å². The molecule has 0 saturated carbocycles. The molecule has 0 aliphatic carbocycles. The zero-order valence-corrected chi connectivity index (χ0v) is 19.8. The van der Waals surface area contributed by atoms with Gasteiger partial charge in [-0.25, -0.2) is 14.6 Å². The maximum absolute atomic E-state index is 12.6. The lowest BCUT2D eigenvalue weighted by Crippen LogP contribution is -2.46. The van der Waals surface area contributed by atoms with E-state index >= 15 is 0 Å². The number of aromatic nitrogens is 1. The smallest absolute Gasteiger partial charge is 0.481 e. The Bertz CT molecular complexity index is 1120. The molecule has 0 bridgehead atoms. The standard InChI is InChI=1S/C19H21N3O2.2C2HF3O2/c1-24-17-14(5-4-10-20-17)13-22-11-8-19(9-12-22)15-6-2-3-7-16(15)21-18(19)23;2*3-2(4,5)1(6)7/h2-7,10H,8-9,11-13H2,1H3,(H,21,23);2*(H,6,7). The molecule has 0 atom stereocenters. The molecule has 15 heteroatoms. The van der Waals surface area contributed by atoms with Crippen LogP contribution < -0.4 is 10.1 Å². The van der Waals surface area contributed by atoms with Crippen molar-refractivity contribution in [1.29, 1.82) is 0 Å². The molecule has 1 aromatic heterocycles. The van der Waals surface area contributed by atoms with Gasteiger partial charge in [0.2, 0.25) is 11.8 Å². The molecule has 1 saturated heterocycles. The number of carbonyl (C=O) groups excluding carboxylic acids is 1. The summed E-state index contributed by atoms with van der Waals surface area (Å²) in [5, 5.41) is 17.3. The number of hydrogen-bond donors (Lipinski definition) is 3. The largest absolute Gasteiger partial charge is 0.490 e. The molecule has 1 fully saturated rings. The first-order valence-corrected chi connectivity index (χ1v) is 10.8. The Balaban J connectivity index is 0.000000301. The highest BCUT2D eigenvalue weighted by Gasteiger charge is 2.48. The Morgan fingerprint density at radius 3 is 2.03 bits per heavy atom. The summed E-state index contributed by atoms with van der Waals surface area (Å²) in [6.07, 6.45) is -6.73. The monoisotopic (exact) mass is 551 g/mol. The number of alkyl halides is 6. The number of amides is 1. The molecule has 3 N–H and O–H groups in total. The summed E-state index contributed by atoms with van der Waals surface area (Å²) >= 11 is 0. The number of pyridine rings is 1. The lowest BCUT2D eigenvalue weighted by molar-refractivity contribution is -0.193. The fourth-order valence-corrected chi connectivity index (χ4v) is 3.93. The van der Waals surface area contributed by atoms with E-state index in [-0.39, 0.29) is 11.3 Å². The van der Waals surface area contributed by atoms with Crippen molar-refractivity contribution >= 4 is 23.5 Å². The second-order valence-corrected chi connectivity index (χ2v) is 8.14. The van der Waals surface area contributed by atoms with Gasteiger partial charge in [0.15, 0.2) is 0 Å². The Labute approximate surface area is 212 Å². The number of anilines is 1. The van der Waals surface area contributed by atoms with Gasteiger partial charge in [-0.05, 0) is 43.6 Å². The van der Waals surface area contributed by atoms with Gasteiger partial charge in [-0.1, -0.05) is 24.3 Å². The number of likely N-dealkylation sites (tertiary alicyclic amines) is 1. The van der Waals surface area contributed by atoms with Crippen molar-refractivity contribution in [2.45, 2.75) is 37.2 Å². The van der Waals surface area contributed by atoms with Gasteiger partial charge in [0.25, 0.3) is 0 Å². The Morgan fingerprint density at radius 2 is 1.53 bits per heavy atom. The van der Waals surface area contributed by atoms with Gasteiger partial charge >= 0.3 is 24.3 Å². The van der Waals surface area contributed by atoms with Crippen LogP contribution in [0.3, 0.4) is 0 Å². The average molecular weight is 551 g/mol. The molecular formula is C23H23F6N3O6. The van der Waals surface area contributed by atoms with E-state index in [1.807, 2.05) is 30.3 Å². The highest BCUT2D eigenvalue weighted by Crippen LogP contribution is 2.44. The van der Waals surface area contributed by atoms with Crippen LogP contribution in [0.2, 0.25) is 0 Å². The van der Waals surface area contributed by atoms with Crippen molar-refractivity contribution < 1.29 is 55.7 Å². The Hall–Kier alpha value is -3.88. The van der Waals surface area contributed by atoms with E-state index in [0.29, 0.717) is 5.88 Å². The predicted molar refractivity (Wildman–Crippen MR) is 119 cm³/mol. The van der Waals surface area contributed by atoms with Crippen LogP contribution in [-0.2, 0) is 26.3 Å². The molecule has 1 amide bonds. The van der Waals surface area contributed by atoms with Gasteiger partial charge in [-0.3, -0.25) is 9.69 Å².